The third kappa shape index (κ3) is 3.81. The van der Waals surface area contributed by atoms with Gasteiger partial charge < -0.3 is 10.6 Å². The minimum absolute atomic E-state index is 0.141. The predicted molar refractivity (Wildman–Crippen MR) is 82.4 cm³/mol. The van der Waals surface area contributed by atoms with E-state index in [1.807, 2.05) is 19.2 Å². The third-order valence-electron chi connectivity index (χ3n) is 3.49. The quantitative estimate of drug-likeness (QED) is 0.900. The lowest BCUT2D eigenvalue weighted by Crippen LogP contribution is -2.23. The number of hydrogen-bond acceptors (Lipinski definition) is 2. The molecule has 2 N–H and O–H groups in total. The monoisotopic (exact) mass is 272 g/mol. The van der Waals surface area contributed by atoms with Crippen LogP contribution in [0.5, 0.6) is 0 Å². The summed E-state index contributed by atoms with van der Waals surface area (Å²) in [4.78, 5) is 2.17. The molecule has 0 heterocycles. The minimum atomic E-state index is -0.231. The Morgan fingerprint density at radius 1 is 1.15 bits per heavy atom. The Hall–Kier alpha value is -1.87. The molecule has 0 bridgehead atoms. The molecule has 0 aliphatic rings. The molecule has 0 spiro atoms. The number of benzene rings is 2. The maximum atomic E-state index is 13.2. The first kappa shape index (κ1) is 14.5. The zero-order chi connectivity index (χ0) is 14.5. The second-order valence-corrected chi connectivity index (χ2v) is 5.21. The zero-order valence-electron chi connectivity index (χ0n) is 12.0. The molecule has 20 heavy (non-hydrogen) atoms. The normalized spacial score (nSPS) is 12.2. The molecule has 0 aromatic heterocycles. The summed E-state index contributed by atoms with van der Waals surface area (Å²) in [6, 6.07) is 14.7. The van der Waals surface area contributed by atoms with Crippen LogP contribution in [-0.4, -0.2) is 13.6 Å². The summed E-state index contributed by atoms with van der Waals surface area (Å²) < 4.78 is 13.2. The fourth-order valence-corrected chi connectivity index (χ4v) is 2.23. The fourth-order valence-electron chi connectivity index (χ4n) is 2.23. The average Bonchev–Trinajstić information content (AvgIpc) is 2.44. The van der Waals surface area contributed by atoms with Crippen molar-refractivity contribution in [1.29, 1.82) is 0 Å². The Morgan fingerprint density at radius 2 is 1.90 bits per heavy atom. The van der Waals surface area contributed by atoms with Crippen LogP contribution in [0, 0.1) is 12.7 Å². The molecule has 0 aliphatic carbocycles. The fraction of sp³-hybridized carbons (Fsp3) is 0.294. The summed E-state index contributed by atoms with van der Waals surface area (Å²) in [5, 5.41) is 0. The van der Waals surface area contributed by atoms with Crippen LogP contribution >= 0.6 is 0 Å². The lowest BCUT2D eigenvalue weighted by molar-refractivity contribution is 0.608. The minimum Gasteiger partial charge on any atom is -0.375 e. The van der Waals surface area contributed by atoms with Gasteiger partial charge in [0.15, 0.2) is 0 Å². The molecule has 3 heteroatoms. The summed E-state index contributed by atoms with van der Waals surface area (Å²) in [6.07, 6.45) is 0.786. The molecule has 0 fully saturated rings. The molecule has 1 atom stereocenters. The summed E-state index contributed by atoms with van der Waals surface area (Å²) in [5.41, 5.74) is 9.39. The van der Waals surface area contributed by atoms with Gasteiger partial charge in [0.2, 0.25) is 0 Å². The van der Waals surface area contributed by atoms with Crippen molar-refractivity contribution in [2.75, 3.05) is 18.5 Å². The van der Waals surface area contributed by atoms with Crippen molar-refractivity contribution in [3.05, 3.63) is 65.5 Å². The Morgan fingerprint density at radius 3 is 2.60 bits per heavy atom. The van der Waals surface area contributed by atoms with Crippen LogP contribution in [0.15, 0.2) is 48.5 Å². The molecular weight excluding hydrogens is 251 g/mol. The molecule has 0 saturated heterocycles. The van der Waals surface area contributed by atoms with Gasteiger partial charge in [0.25, 0.3) is 0 Å². The number of nitrogens with two attached hydrogens (primary N) is 1. The van der Waals surface area contributed by atoms with Gasteiger partial charge in [-0.15, -0.1) is 0 Å². The van der Waals surface area contributed by atoms with Crippen LogP contribution < -0.4 is 10.6 Å². The van der Waals surface area contributed by atoms with Gasteiger partial charge in [-0.05, 0) is 48.7 Å². The lowest BCUT2D eigenvalue weighted by Gasteiger charge is -2.22. The molecule has 2 nitrogen and oxygen atoms in total. The number of halogens is 1. The van der Waals surface area contributed by atoms with E-state index in [1.165, 1.54) is 23.4 Å². The Labute approximate surface area is 120 Å². The molecule has 0 aliphatic heterocycles. The largest absolute Gasteiger partial charge is 0.375 e. The van der Waals surface area contributed by atoms with Gasteiger partial charge in [0.05, 0.1) is 0 Å². The van der Waals surface area contributed by atoms with Crippen LogP contribution in [-0.2, 0) is 0 Å². The van der Waals surface area contributed by atoms with Crippen LogP contribution in [0.25, 0.3) is 0 Å². The smallest absolute Gasteiger partial charge is 0.123 e. The highest BCUT2D eigenvalue weighted by Crippen LogP contribution is 2.18. The molecule has 0 saturated carbocycles. The van der Waals surface area contributed by atoms with Crippen LogP contribution in [0.3, 0.4) is 0 Å². The Balaban J connectivity index is 1.94. The summed E-state index contributed by atoms with van der Waals surface area (Å²) >= 11 is 0. The molecule has 2 aromatic rings. The van der Waals surface area contributed by atoms with Crippen molar-refractivity contribution in [1.82, 2.24) is 0 Å². The van der Waals surface area contributed by atoms with Gasteiger partial charge in [-0.2, -0.15) is 0 Å². The van der Waals surface area contributed by atoms with Crippen LogP contribution in [0.2, 0.25) is 0 Å². The van der Waals surface area contributed by atoms with Crippen molar-refractivity contribution in [3.63, 3.8) is 0 Å². The number of anilines is 1. The lowest BCUT2D eigenvalue weighted by atomic mass is 10.0. The molecule has 2 rings (SSSR count). The van der Waals surface area contributed by atoms with E-state index >= 15 is 0 Å². The Kier molecular flexibility index (Phi) is 4.74. The highest BCUT2D eigenvalue weighted by molar-refractivity contribution is 5.47. The van der Waals surface area contributed by atoms with E-state index in [-0.39, 0.29) is 11.9 Å². The average molecular weight is 272 g/mol. The van der Waals surface area contributed by atoms with Crippen LogP contribution in [0.4, 0.5) is 10.1 Å². The van der Waals surface area contributed by atoms with E-state index < -0.39 is 0 Å². The Bertz CT molecular complexity index is 517. The predicted octanol–water partition coefficient (Wildman–Crippen LogP) is 3.66. The molecule has 2 aromatic carbocycles. The first-order valence-electron chi connectivity index (χ1n) is 6.85. The van der Waals surface area contributed by atoms with Gasteiger partial charge in [0.1, 0.15) is 5.82 Å². The maximum Gasteiger partial charge on any atom is 0.123 e. The SMILES string of the molecule is Cc1cccc(N(C)CCC(N)c2cccc(F)c2)c1. The number of rotatable bonds is 5. The zero-order valence-corrected chi connectivity index (χ0v) is 12.0. The number of nitrogens with zero attached hydrogens (tertiary/aromatic N) is 1. The van der Waals surface area contributed by atoms with Crippen molar-refractivity contribution < 1.29 is 4.39 Å². The van der Waals surface area contributed by atoms with Gasteiger partial charge in [-0.1, -0.05) is 24.3 Å². The molecule has 0 radical (unpaired) electrons. The highest BCUT2D eigenvalue weighted by Gasteiger charge is 2.09. The van der Waals surface area contributed by atoms with Gasteiger partial charge in [0, 0.05) is 25.3 Å². The van der Waals surface area contributed by atoms with E-state index in [9.17, 15) is 4.39 Å². The summed E-state index contributed by atoms with van der Waals surface area (Å²) in [5.74, 6) is -0.231. The molecule has 106 valence electrons. The van der Waals surface area contributed by atoms with Gasteiger partial charge >= 0.3 is 0 Å². The van der Waals surface area contributed by atoms with Crippen LogP contribution in [0.1, 0.15) is 23.6 Å². The number of aryl methyl sites for hydroxylation is 1. The highest BCUT2D eigenvalue weighted by atomic mass is 19.1. The van der Waals surface area contributed by atoms with Gasteiger partial charge in [-0.3, -0.25) is 0 Å². The second kappa shape index (κ2) is 6.53. The van der Waals surface area contributed by atoms with Crippen molar-refractivity contribution in [2.24, 2.45) is 5.73 Å². The third-order valence-corrected chi connectivity index (χ3v) is 3.49. The van der Waals surface area contributed by atoms with Gasteiger partial charge in [-0.25, -0.2) is 4.39 Å². The van der Waals surface area contributed by atoms with Crippen molar-refractivity contribution in [3.8, 4) is 0 Å². The number of hydrogen-bond donors (Lipinski definition) is 1. The van der Waals surface area contributed by atoms with E-state index in [4.69, 9.17) is 5.73 Å². The van der Waals surface area contributed by atoms with E-state index in [0.717, 1.165) is 18.5 Å². The van der Waals surface area contributed by atoms with Crippen molar-refractivity contribution >= 4 is 5.69 Å². The van der Waals surface area contributed by atoms with E-state index in [1.54, 1.807) is 6.07 Å². The first-order valence-corrected chi connectivity index (χ1v) is 6.85. The first-order chi connectivity index (χ1) is 9.56. The summed E-state index contributed by atoms with van der Waals surface area (Å²) in [6.45, 7) is 2.91. The van der Waals surface area contributed by atoms with E-state index in [2.05, 4.69) is 30.0 Å². The standard InChI is InChI=1S/C17H21FN2/c1-13-5-3-8-16(11-13)20(2)10-9-17(19)14-6-4-7-15(18)12-14/h3-8,11-12,17H,9-10,19H2,1-2H3. The maximum absolute atomic E-state index is 13.2. The topological polar surface area (TPSA) is 29.3 Å². The van der Waals surface area contributed by atoms with E-state index in [0.29, 0.717) is 0 Å². The van der Waals surface area contributed by atoms with Crippen molar-refractivity contribution in [2.45, 2.75) is 19.4 Å². The summed E-state index contributed by atoms with van der Waals surface area (Å²) in [7, 11) is 2.05. The molecule has 0 amide bonds. The molecular formula is C17H21FN2. The second-order valence-electron chi connectivity index (χ2n) is 5.21. The molecule has 1 unspecified atom stereocenters.